The second-order valence-electron chi connectivity index (χ2n) is 7.04. The Bertz CT molecular complexity index is 1310. The Labute approximate surface area is 176 Å². The zero-order valence-corrected chi connectivity index (χ0v) is 16.6. The smallest absolute Gasteiger partial charge is 0.322 e. The molecule has 9 heteroatoms. The van der Waals surface area contributed by atoms with Crippen LogP contribution in [0.2, 0.25) is 0 Å². The summed E-state index contributed by atoms with van der Waals surface area (Å²) < 4.78 is 34.0. The largest absolute Gasteiger partial charge is 0.421 e. The summed E-state index contributed by atoms with van der Waals surface area (Å²) in [5.41, 5.74) is 4.32. The number of hydrogen-bond donors (Lipinski definition) is 1. The van der Waals surface area contributed by atoms with Crippen LogP contribution in [0.5, 0.6) is 11.8 Å². The fraction of sp³-hybridized carbons (Fsp3) is 0.136. The van der Waals surface area contributed by atoms with E-state index in [0.717, 1.165) is 11.8 Å². The molecule has 0 saturated heterocycles. The molecule has 3 aromatic heterocycles. The number of aryl methyl sites for hydroxylation is 1. The highest BCUT2D eigenvalue weighted by Crippen LogP contribution is 2.45. The van der Waals surface area contributed by atoms with Gasteiger partial charge in [0, 0.05) is 36.5 Å². The summed E-state index contributed by atoms with van der Waals surface area (Å²) in [6.07, 6.45) is 6.09. The topological polar surface area (TPSA) is 85.7 Å². The summed E-state index contributed by atoms with van der Waals surface area (Å²) in [6.45, 7) is 1.76. The van der Waals surface area contributed by atoms with E-state index in [4.69, 9.17) is 4.74 Å². The Balaban J connectivity index is 1.70. The minimum Gasteiger partial charge on any atom is -0.421 e. The van der Waals surface area contributed by atoms with Gasteiger partial charge in [-0.3, -0.25) is 4.98 Å². The van der Waals surface area contributed by atoms with E-state index in [1.165, 1.54) is 36.8 Å². The van der Waals surface area contributed by atoms with Crippen molar-refractivity contribution in [2.24, 2.45) is 0 Å². The lowest BCUT2D eigenvalue weighted by Gasteiger charge is -2.12. The first-order valence-corrected chi connectivity index (χ1v) is 9.50. The lowest BCUT2D eigenvalue weighted by molar-refractivity contribution is 0.436. The van der Waals surface area contributed by atoms with E-state index < -0.39 is 11.6 Å². The number of nitrogens with zero attached hydrogens (tertiary/aromatic N) is 5. The van der Waals surface area contributed by atoms with Crippen molar-refractivity contribution in [1.29, 1.82) is 0 Å². The molecule has 5 rings (SSSR count). The molecule has 0 saturated carbocycles. The molecule has 1 aliphatic carbocycles. The molecule has 3 heterocycles. The summed E-state index contributed by atoms with van der Waals surface area (Å²) in [5, 5.41) is 3.02. The first-order valence-electron chi connectivity index (χ1n) is 9.50. The second-order valence-corrected chi connectivity index (χ2v) is 7.04. The number of pyridine rings is 1. The maximum Gasteiger partial charge on any atom is 0.322 e. The third kappa shape index (κ3) is 3.43. The quantitative estimate of drug-likeness (QED) is 0.465. The van der Waals surface area contributed by atoms with Gasteiger partial charge in [-0.2, -0.15) is 9.97 Å². The molecule has 0 atom stereocenters. The van der Waals surface area contributed by atoms with Gasteiger partial charge in [0.1, 0.15) is 17.5 Å². The van der Waals surface area contributed by atoms with Gasteiger partial charge >= 0.3 is 6.01 Å². The van der Waals surface area contributed by atoms with Gasteiger partial charge in [0.15, 0.2) is 5.75 Å². The molecular formula is C22H16F2N6O. The summed E-state index contributed by atoms with van der Waals surface area (Å²) >= 11 is 0. The molecule has 1 N–H and O–H groups in total. The van der Waals surface area contributed by atoms with Crippen molar-refractivity contribution in [2.45, 2.75) is 13.3 Å². The number of nitrogens with one attached hydrogen (secondary N) is 1. The van der Waals surface area contributed by atoms with Gasteiger partial charge in [-0.05, 0) is 36.2 Å². The van der Waals surface area contributed by atoms with E-state index in [-0.39, 0.29) is 6.01 Å². The first-order chi connectivity index (χ1) is 15.0. The molecule has 4 aromatic rings. The number of anilines is 1. The molecule has 0 spiro atoms. The van der Waals surface area contributed by atoms with Crippen molar-refractivity contribution in [3.05, 3.63) is 71.7 Å². The number of hydrogen-bond acceptors (Lipinski definition) is 7. The number of rotatable bonds is 4. The van der Waals surface area contributed by atoms with Crippen LogP contribution in [0.1, 0.15) is 17.1 Å². The summed E-state index contributed by atoms with van der Waals surface area (Å²) in [4.78, 5) is 21.2. The zero-order valence-electron chi connectivity index (χ0n) is 16.6. The molecule has 0 aliphatic heterocycles. The fourth-order valence-electron chi connectivity index (χ4n) is 3.67. The van der Waals surface area contributed by atoms with Gasteiger partial charge in [0.05, 0.1) is 30.0 Å². The maximum absolute atomic E-state index is 14.3. The van der Waals surface area contributed by atoms with Crippen molar-refractivity contribution in [3.8, 4) is 34.1 Å². The van der Waals surface area contributed by atoms with Crippen molar-refractivity contribution in [1.82, 2.24) is 24.9 Å². The van der Waals surface area contributed by atoms with Crippen LogP contribution in [0, 0.1) is 18.6 Å². The minimum atomic E-state index is -0.507. The lowest BCUT2D eigenvalue weighted by atomic mass is 10.0. The fourth-order valence-corrected chi connectivity index (χ4v) is 3.67. The number of ether oxygens (including phenoxy) is 1. The number of halogens is 2. The second kappa shape index (κ2) is 7.35. The Morgan fingerprint density at radius 3 is 2.52 bits per heavy atom. The molecule has 154 valence electrons. The van der Waals surface area contributed by atoms with Gasteiger partial charge in [0.2, 0.25) is 0 Å². The van der Waals surface area contributed by atoms with E-state index in [9.17, 15) is 8.78 Å². The van der Waals surface area contributed by atoms with E-state index in [0.29, 0.717) is 51.8 Å². The van der Waals surface area contributed by atoms with Gasteiger partial charge < -0.3 is 10.1 Å². The van der Waals surface area contributed by atoms with Crippen LogP contribution in [0.15, 0.2) is 43.0 Å². The Kier molecular flexibility index (Phi) is 4.50. The number of benzene rings is 1. The van der Waals surface area contributed by atoms with Crippen LogP contribution in [0.4, 0.5) is 14.5 Å². The summed E-state index contributed by atoms with van der Waals surface area (Å²) in [7, 11) is 1.73. The number of aromatic nitrogens is 5. The van der Waals surface area contributed by atoms with E-state index >= 15 is 0 Å². The van der Waals surface area contributed by atoms with Crippen LogP contribution >= 0.6 is 0 Å². The van der Waals surface area contributed by atoms with Crippen LogP contribution < -0.4 is 10.1 Å². The Morgan fingerprint density at radius 2 is 1.77 bits per heavy atom. The van der Waals surface area contributed by atoms with Gasteiger partial charge in [0.25, 0.3) is 0 Å². The minimum absolute atomic E-state index is 0.0600. The highest BCUT2D eigenvalue weighted by atomic mass is 19.1. The molecule has 31 heavy (non-hydrogen) atoms. The monoisotopic (exact) mass is 418 g/mol. The highest BCUT2D eigenvalue weighted by molar-refractivity contribution is 5.90. The SMILES string of the molecule is CNc1cc(F)cc2c1Cc1nc(Oc3cnc(C)nc3)nc(-c3cncc(F)c3)c1-2. The van der Waals surface area contributed by atoms with Gasteiger partial charge in [-0.1, -0.05) is 0 Å². The predicted molar refractivity (Wildman–Crippen MR) is 110 cm³/mol. The number of fused-ring (bicyclic) bond motifs is 3. The van der Waals surface area contributed by atoms with E-state index in [2.05, 4.69) is 30.2 Å². The third-order valence-corrected chi connectivity index (χ3v) is 5.01. The van der Waals surface area contributed by atoms with Crippen molar-refractivity contribution in [2.75, 3.05) is 12.4 Å². The Hall–Kier alpha value is -4.01. The van der Waals surface area contributed by atoms with Crippen LogP contribution in [0.25, 0.3) is 22.4 Å². The molecule has 1 aliphatic rings. The van der Waals surface area contributed by atoms with Crippen LogP contribution in [0.3, 0.4) is 0 Å². The van der Waals surface area contributed by atoms with Crippen molar-refractivity contribution >= 4 is 5.69 Å². The normalized spacial score (nSPS) is 11.7. The van der Waals surface area contributed by atoms with Crippen molar-refractivity contribution in [3.63, 3.8) is 0 Å². The molecular weight excluding hydrogens is 402 g/mol. The van der Waals surface area contributed by atoms with Crippen LogP contribution in [-0.4, -0.2) is 32.0 Å². The first kappa shape index (κ1) is 19.0. The Morgan fingerprint density at radius 1 is 0.968 bits per heavy atom. The summed E-state index contributed by atoms with van der Waals surface area (Å²) in [6, 6.07) is 4.26. The molecule has 0 bridgehead atoms. The molecule has 0 radical (unpaired) electrons. The van der Waals surface area contributed by atoms with E-state index in [1.54, 1.807) is 14.0 Å². The third-order valence-electron chi connectivity index (χ3n) is 5.01. The molecule has 0 amide bonds. The average molecular weight is 418 g/mol. The van der Waals surface area contributed by atoms with Gasteiger partial charge in [-0.15, -0.1) is 0 Å². The van der Waals surface area contributed by atoms with Gasteiger partial charge in [-0.25, -0.2) is 18.7 Å². The molecule has 7 nitrogen and oxygen atoms in total. The molecule has 1 aromatic carbocycles. The standard InChI is InChI=1S/C22H16F2N6O/c1-11-27-9-15(10-28-11)31-22-29-19-6-16-17(4-13(23)5-18(16)25-2)20(19)21(30-22)12-3-14(24)8-26-7-12/h3-5,7-10,25H,6H2,1-2H3. The van der Waals surface area contributed by atoms with E-state index in [1.807, 2.05) is 0 Å². The summed E-state index contributed by atoms with van der Waals surface area (Å²) in [5.74, 6) is 0.0705. The maximum atomic E-state index is 14.3. The average Bonchev–Trinajstić information content (AvgIpc) is 3.12. The highest BCUT2D eigenvalue weighted by Gasteiger charge is 2.29. The van der Waals surface area contributed by atoms with Crippen LogP contribution in [-0.2, 0) is 6.42 Å². The predicted octanol–water partition coefficient (Wildman–Crippen LogP) is 4.32. The zero-order chi connectivity index (χ0) is 21.5. The molecule has 0 fully saturated rings. The lowest BCUT2D eigenvalue weighted by Crippen LogP contribution is -2.01. The van der Waals surface area contributed by atoms with Crippen molar-refractivity contribution < 1.29 is 13.5 Å². The molecule has 0 unspecified atom stereocenters.